The smallest absolute Gasteiger partial charge is 0 e. The van der Waals surface area contributed by atoms with Crippen molar-refractivity contribution in [1.82, 2.24) is 0 Å². The molecule has 0 nitrogen and oxygen atoms in total. The molecule has 0 N–H and O–H groups in total. The minimum absolute atomic E-state index is 0. The predicted octanol–water partition coefficient (Wildman–Crippen LogP) is 6.88. The third kappa shape index (κ3) is 12.0. The normalized spacial score (nSPS) is 18.8. The molecule has 1 heteroatoms. The zero-order valence-electron chi connectivity index (χ0n) is 13.2. The van der Waals surface area contributed by atoms with Crippen LogP contribution in [0.1, 0.15) is 110 Å². The van der Waals surface area contributed by atoms with Crippen LogP contribution in [0.5, 0.6) is 0 Å². The second-order valence-electron chi connectivity index (χ2n) is 6.47. The molecule has 0 bridgehead atoms. The Hall–Kier alpha value is 0.519. The third-order valence-electron chi connectivity index (χ3n) is 4.69. The second-order valence-corrected chi connectivity index (χ2v) is 6.47. The van der Waals surface area contributed by atoms with Gasteiger partial charge in [0.05, 0.1) is 0 Å². The van der Waals surface area contributed by atoms with E-state index < -0.39 is 0 Å². The van der Waals surface area contributed by atoms with Crippen molar-refractivity contribution in [2.75, 3.05) is 0 Å². The van der Waals surface area contributed by atoms with E-state index in [1.807, 2.05) is 0 Å². The van der Waals surface area contributed by atoms with Crippen LogP contribution >= 0.6 is 0 Å². The van der Waals surface area contributed by atoms with Gasteiger partial charge < -0.3 is 0 Å². The summed E-state index contributed by atoms with van der Waals surface area (Å²) in [5.74, 6) is 1.12. The minimum Gasteiger partial charge on any atom is -0.0654 e. The standard InChI is InChI=1S/C13H26.C5H10.Fe/c1-2-3-4-5-6-7-10-13-11-8-9-12-13;1-2-4-5-3-1;/h13H,2-12H2,1H3;1-5H2;. The first-order chi connectivity index (χ1) is 8.93. The van der Waals surface area contributed by atoms with Crippen molar-refractivity contribution < 1.29 is 17.1 Å². The molecule has 116 valence electrons. The van der Waals surface area contributed by atoms with Crippen LogP contribution in [0.3, 0.4) is 0 Å². The number of unbranched alkanes of at least 4 members (excludes halogenated alkanes) is 5. The number of hydrogen-bond acceptors (Lipinski definition) is 0. The molecular formula is C18H36Fe. The van der Waals surface area contributed by atoms with Gasteiger partial charge in [0.25, 0.3) is 0 Å². The predicted molar refractivity (Wildman–Crippen MR) is 83.0 cm³/mol. The molecule has 0 aromatic carbocycles. The second kappa shape index (κ2) is 14.9. The molecule has 0 aromatic rings. The van der Waals surface area contributed by atoms with E-state index in [0.29, 0.717) is 0 Å². The minimum atomic E-state index is 0. The molecule has 2 saturated carbocycles. The summed E-state index contributed by atoms with van der Waals surface area (Å²) in [5.41, 5.74) is 0. The summed E-state index contributed by atoms with van der Waals surface area (Å²) < 4.78 is 0. The van der Waals surface area contributed by atoms with Gasteiger partial charge in [-0.2, -0.15) is 0 Å². The summed E-state index contributed by atoms with van der Waals surface area (Å²) in [4.78, 5) is 0. The van der Waals surface area contributed by atoms with E-state index >= 15 is 0 Å². The average Bonchev–Trinajstić information content (AvgIpc) is 3.07. The van der Waals surface area contributed by atoms with E-state index in [-0.39, 0.29) is 17.1 Å². The van der Waals surface area contributed by atoms with E-state index in [4.69, 9.17) is 0 Å². The van der Waals surface area contributed by atoms with Crippen molar-refractivity contribution in [2.24, 2.45) is 5.92 Å². The molecule has 2 aliphatic rings. The van der Waals surface area contributed by atoms with Crippen LogP contribution in [-0.2, 0) is 17.1 Å². The first-order valence-corrected chi connectivity index (χ1v) is 8.93. The summed E-state index contributed by atoms with van der Waals surface area (Å²) >= 11 is 0. The Morgan fingerprint density at radius 1 is 0.632 bits per heavy atom. The van der Waals surface area contributed by atoms with Gasteiger partial charge in [-0.1, -0.05) is 110 Å². The van der Waals surface area contributed by atoms with Crippen molar-refractivity contribution >= 4 is 0 Å². The maximum absolute atomic E-state index is 2.29. The fraction of sp³-hybridized carbons (Fsp3) is 1.00. The van der Waals surface area contributed by atoms with Crippen molar-refractivity contribution in [3.63, 3.8) is 0 Å². The third-order valence-corrected chi connectivity index (χ3v) is 4.69. The summed E-state index contributed by atoms with van der Waals surface area (Å²) in [6.07, 6.45) is 23.9. The van der Waals surface area contributed by atoms with E-state index in [0.717, 1.165) is 5.92 Å². The van der Waals surface area contributed by atoms with Crippen LogP contribution in [0.2, 0.25) is 0 Å². The Morgan fingerprint density at radius 2 is 1.11 bits per heavy atom. The molecule has 2 aliphatic carbocycles. The van der Waals surface area contributed by atoms with Crippen LogP contribution in [0, 0.1) is 5.92 Å². The SMILES string of the molecule is C1CCCC1.CCCCCCCCC1CCCC1.[Fe]. The van der Waals surface area contributed by atoms with E-state index in [2.05, 4.69) is 6.92 Å². The molecular weight excluding hydrogens is 272 g/mol. The van der Waals surface area contributed by atoms with Gasteiger partial charge in [0.2, 0.25) is 0 Å². The summed E-state index contributed by atoms with van der Waals surface area (Å²) in [6, 6.07) is 0. The molecule has 0 atom stereocenters. The van der Waals surface area contributed by atoms with Gasteiger partial charge in [0.1, 0.15) is 0 Å². The van der Waals surface area contributed by atoms with Crippen molar-refractivity contribution in [3.8, 4) is 0 Å². The van der Waals surface area contributed by atoms with Crippen LogP contribution in [0.15, 0.2) is 0 Å². The topological polar surface area (TPSA) is 0 Å². The Balaban J connectivity index is 0.000000454. The molecule has 0 saturated heterocycles. The van der Waals surface area contributed by atoms with Gasteiger partial charge in [-0.3, -0.25) is 0 Å². The van der Waals surface area contributed by atoms with E-state index in [1.54, 1.807) is 0 Å². The van der Waals surface area contributed by atoms with Gasteiger partial charge in [-0.25, -0.2) is 0 Å². The Kier molecular flexibility index (Phi) is 15.3. The Bertz CT molecular complexity index is 149. The van der Waals surface area contributed by atoms with Crippen molar-refractivity contribution in [3.05, 3.63) is 0 Å². The zero-order valence-corrected chi connectivity index (χ0v) is 14.3. The van der Waals surface area contributed by atoms with Crippen LogP contribution in [0.4, 0.5) is 0 Å². The Labute approximate surface area is 133 Å². The van der Waals surface area contributed by atoms with Gasteiger partial charge in [-0.15, -0.1) is 0 Å². The maximum Gasteiger partial charge on any atom is 0 e. The molecule has 2 rings (SSSR count). The molecule has 0 unspecified atom stereocenters. The van der Waals surface area contributed by atoms with Gasteiger partial charge in [0, 0.05) is 17.1 Å². The summed E-state index contributed by atoms with van der Waals surface area (Å²) in [6.45, 7) is 2.29. The van der Waals surface area contributed by atoms with E-state index in [9.17, 15) is 0 Å². The first-order valence-electron chi connectivity index (χ1n) is 8.93. The molecule has 0 radical (unpaired) electrons. The van der Waals surface area contributed by atoms with Crippen LogP contribution in [0.25, 0.3) is 0 Å². The fourth-order valence-corrected chi connectivity index (χ4v) is 3.40. The molecule has 0 aromatic heterocycles. The molecule has 0 aliphatic heterocycles. The van der Waals surface area contributed by atoms with Crippen LogP contribution in [-0.4, -0.2) is 0 Å². The first kappa shape index (κ1) is 19.5. The number of rotatable bonds is 7. The van der Waals surface area contributed by atoms with Crippen LogP contribution < -0.4 is 0 Å². The molecule has 2 fully saturated rings. The zero-order chi connectivity index (χ0) is 12.9. The molecule has 0 heterocycles. The van der Waals surface area contributed by atoms with Gasteiger partial charge in [0.15, 0.2) is 0 Å². The molecule has 19 heavy (non-hydrogen) atoms. The van der Waals surface area contributed by atoms with Gasteiger partial charge >= 0.3 is 0 Å². The maximum atomic E-state index is 2.29. The van der Waals surface area contributed by atoms with Crippen molar-refractivity contribution in [1.29, 1.82) is 0 Å². The monoisotopic (exact) mass is 308 g/mol. The molecule has 0 spiro atoms. The molecule has 0 amide bonds. The summed E-state index contributed by atoms with van der Waals surface area (Å²) in [5, 5.41) is 0. The quantitative estimate of drug-likeness (QED) is 0.355. The van der Waals surface area contributed by atoms with Crippen molar-refractivity contribution in [2.45, 2.75) is 110 Å². The van der Waals surface area contributed by atoms with E-state index in [1.165, 1.54) is 103 Å². The summed E-state index contributed by atoms with van der Waals surface area (Å²) in [7, 11) is 0. The fourth-order valence-electron chi connectivity index (χ4n) is 3.40. The largest absolute Gasteiger partial charge is 0.0654 e. The Morgan fingerprint density at radius 3 is 1.63 bits per heavy atom. The average molecular weight is 308 g/mol. The van der Waals surface area contributed by atoms with Gasteiger partial charge in [-0.05, 0) is 5.92 Å². The number of hydrogen-bond donors (Lipinski definition) is 0.